The number of rotatable bonds is 7. The maximum Gasteiger partial charge on any atom is 0.0597 e. The molecule has 0 radical (unpaired) electrons. The lowest BCUT2D eigenvalue weighted by Crippen LogP contribution is -2.21. The van der Waals surface area contributed by atoms with E-state index in [1.165, 1.54) is 31.4 Å². The van der Waals surface area contributed by atoms with Crippen molar-refractivity contribution in [1.29, 1.82) is 0 Å². The molecule has 0 saturated heterocycles. The summed E-state index contributed by atoms with van der Waals surface area (Å²) in [5.74, 6) is 0. The molecule has 1 rings (SSSR count). The molecule has 3 heteroatoms. The van der Waals surface area contributed by atoms with Crippen LogP contribution in [0.25, 0.3) is 0 Å². The number of anilines is 2. The van der Waals surface area contributed by atoms with E-state index in [-0.39, 0.29) is 0 Å². The van der Waals surface area contributed by atoms with Crippen molar-refractivity contribution in [2.24, 2.45) is 0 Å². The van der Waals surface area contributed by atoms with Gasteiger partial charge >= 0.3 is 0 Å². The molecule has 1 aromatic rings. The van der Waals surface area contributed by atoms with Crippen LogP contribution in [0.4, 0.5) is 11.4 Å². The lowest BCUT2D eigenvalue weighted by Gasteiger charge is -2.24. The van der Waals surface area contributed by atoms with E-state index in [0.717, 1.165) is 10.7 Å². The summed E-state index contributed by atoms with van der Waals surface area (Å²) in [5, 5.41) is 4.43. The normalized spacial score (nSPS) is 10.8. The molecule has 1 N–H and O–H groups in total. The van der Waals surface area contributed by atoms with Crippen LogP contribution in [-0.2, 0) is 0 Å². The minimum absolute atomic E-state index is 0.539. The van der Waals surface area contributed by atoms with Gasteiger partial charge in [-0.25, -0.2) is 0 Å². The maximum absolute atomic E-state index is 6.10. The van der Waals surface area contributed by atoms with Crippen LogP contribution in [0.15, 0.2) is 18.2 Å². The van der Waals surface area contributed by atoms with Crippen LogP contribution in [0.5, 0.6) is 0 Å². The van der Waals surface area contributed by atoms with E-state index in [4.69, 9.17) is 11.6 Å². The van der Waals surface area contributed by atoms with Crippen LogP contribution in [-0.4, -0.2) is 20.1 Å². The van der Waals surface area contributed by atoms with E-state index < -0.39 is 0 Å². The quantitative estimate of drug-likeness (QED) is 0.765. The Balaban J connectivity index is 2.88. The summed E-state index contributed by atoms with van der Waals surface area (Å²) in [7, 11) is 4.12. The number of benzene rings is 1. The molecule has 0 aliphatic heterocycles. The zero-order chi connectivity index (χ0) is 13.5. The molecule has 0 heterocycles. The van der Waals surface area contributed by atoms with Gasteiger partial charge < -0.3 is 10.2 Å². The average Bonchev–Trinajstić information content (AvgIpc) is 2.29. The summed E-state index contributed by atoms with van der Waals surface area (Å²) in [4.78, 5) is 2.12. The zero-order valence-corrected chi connectivity index (χ0v) is 12.7. The summed E-state index contributed by atoms with van der Waals surface area (Å²) in [5.41, 5.74) is 2.33. The van der Waals surface area contributed by atoms with Crippen molar-refractivity contribution in [2.75, 3.05) is 24.3 Å². The predicted octanol–water partition coefficient (Wildman–Crippen LogP) is 4.79. The Morgan fingerprint density at radius 3 is 2.28 bits per heavy atom. The molecule has 0 fully saturated rings. The Labute approximate surface area is 116 Å². The van der Waals surface area contributed by atoms with Crippen molar-refractivity contribution in [3.05, 3.63) is 23.2 Å². The van der Waals surface area contributed by atoms with Gasteiger partial charge in [-0.2, -0.15) is 0 Å². The van der Waals surface area contributed by atoms with E-state index >= 15 is 0 Å². The average molecular weight is 269 g/mol. The second-order valence-electron chi connectivity index (χ2n) is 4.97. The lowest BCUT2D eigenvalue weighted by molar-refractivity contribution is 0.586. The topological polar surface area (TPSA) is 15.3 Å². The fraction of sp³-hybridized carbons (Fsp3) is 0.600. The molecule has 18 heavy (non-hydrogen) atoms. The van der Waals surface area contributed by atoms with Gasteiger partial charge in [-0.3, -0.25) is 0 Å². The van der Waals surface area contributed by atoms with Gasteiger partial charge in [0.15, 0.2) is 0 Å². The standard InChI is InChI=1S/C15H25ClN2/c1-5-7-13(8-6-2)17-14-11-12(16)9-10-15(14)18(3)4/h9-11,13,17H,5-8H2,1-4H3. The summed E-state index contributed by atoms with van der Waals surface area (Å²) in [6, 6.07) is 6.57. The molecule has 0 unspecified atom stereocenters. The minimum Gasteiger partial charge on any atom is -0.381 e. The van der Waals surface area contributed by atoms with Crippen molar-refractivity contribution < 1.29 is 0 Å². The van der Waals surface area contributed by atoms with E-state index in [1.54, 1.807) is 0 Å². The third kappa shape index (κ3) is 4.41. The molecule has 0 spiro atoms. The van der Waals surface area contributed by atoms with Crippen LogP contribution in [0.2, 0.25) is 5.02 Å². The number of hydrogen-bond acceptors (Lipinski definition) is 2. The highest BCUT2D eigenvalue weighted by molar-refractivity contribution is 6.31. The van der Waals surface area contributed by atoms with E-state index in [2.05, 4.69) is 44.2 Å². The van der Waals surface area contributed by atoms with E-state index in [9.17, 15) is 0 Å². The third-order valence-electron chi connectivity index (χ3n) is 3.07. The van der Waals surface area contributed by atoms with Gasteiger partial charge in [0.2, 0.25) is 0 Å². The molecule has 1 aromatic carbocycles. The predicted molar refractivity (Wildman–Crippen MR) is 83.0 cm³/mol. The number of halogens is 1. The Morgan fingerprint density at radius 1 is 1.17 bits per heavy atom. The molecular weight excluding hydrogens is 244 g/mol. The molecule has 0 bridgehead atoms. The van der Waals surface area contributed by atoms with Crippen molar-refractivity contribution >= 4 is 23.0 Å². The van der Waals surface area contributed by atoms with Crippen LogP contribution >= 0.6 is 11.6 Å². The van der Waals surface area contributed by atoms with Gasteiger partial charge in [-0.1, -0.05) is 38.3 Å². The fourth-order valence-electron chi connectivity index (χ4n) is 2.22. The van der Waals surface area contributed by atoms with Crippen molar-refractivity contribution in [3.8, 4) is 0 Å². The smallest absolute Gasteiger partial charge is 0.0597 e. The van der Waals surface area contributed by atoms with Gasteiger partial charge in [-0.05, 0) is 31.0 Å². The highest BCUT2D eigenvalue weighted by Crippen LogP contribution is 2.29. The van der Waals surface area contributed by atoms with Crippen LogP contribution < -0.4 is 10.2 Å². The second-order valence-corrected chi connectivity index (χ2v) is 5.41. The molecule has 102 valence electrons. The molecule has 0 aromatic heterocycles. The van der Waals surface area contributed by atoms with Crippen LogP contribution in [0, 0.1) is 0 Å². The fourth-order valence-corrected chi connectivity index (χ4v) is 2.39. The molecular formula is C15H25ClN2. The van der Waals surface area contributed by atoms with Gasteiger partial charge in [0.25, 0.3) is 0 Å². The minimum atomic E-state index is 0.539. The Kier molecular flexibility index (Phi) is 6.34. The summed E-state index contributed by atoms with van der Waals surface area (Å²) >= 11 is 6.10. The first kappa shape index (κ1) is 15.2. The van der Waals surface area contributed by atoms with Gasteiger partial charge in [0, 0.05) is 25.2 Å². The largest absolute Gasteiger partial charge is 0.381 e. The Morgan fingerprint density at radius 2 is 1.78 bits per heavy atom. The highest BCUT2D eigenvalue weighted by atomic mass is 35.5. The number of hydrogen-bond donors (Lipinski definition) is 1. The number of nitrogens with zero attached hydrogens (tertiary/aromatic N) is 1. The summed E-state index contributed by atoms with van der Waals surface area (Å²) in [6.45, 7) is 4.46. The van der Waals surface area contributed by atoms with Gasteiger partial charge in [-0.15, -0.1) is 0 Å². The molecule has 2 nitrogen and oxygen atoms in total. The zero-order valence-electron chi connectivity index (χ0n) is 12.0. The molecule has 0 atom stereocenters. The molecule has 0 aliphatic carbocycles. The monoisotopic (exact) mass is 268 g/mol. The molecule has 0 aliphatic rings. The van der Waals surface area contributed by atoms with Crippen LogP contribution in [0.1, 0.15) is 39.5 Å². The van der Waals surface area contributed by atoms with Gasteiger partial charge in [0.05, 0.1) is 11.4 Å². The molecule has 0 saturated carbocycles. The first-order valence-corrected chi connectivity index (χ1v) is 7.19. The maximum atomic E-state index is 6.10. The molecule has 0 amide bonds. The van der Waals surface area contributed by atoms with Gasteiger partial charge in [0.1, 0.15) is 0 Å². The van der Waals surface area contributed by atoms with Crippen molar-refractivity contribution in [2.45, 2.75) is 45.6 Å². The Hall–Kier alpha value is -0.890. The first-order valence-electron chi connectivity index (χ1n) is 6.81. The SMILES string of the molecule is CCCC(CCC)Nc1cc(Cl)ccc1N(C)C. The third-order valence-corrected chi connectivity index (χ3v) is 3.31. The first-order chi connectivity index (χ1) is 8.58. The summed E-state index contributed by atoms with van der Waals surface area (Å²) < 4.78 is 0. The van der Waals surface area contributed by atoms with E-state index in [1.807, 2.05) is 12.1 Å². The van der Waals surface area contributed by atoms with E-state index in [0.29, 0.717) is 6.04 Å². The number of nitrogens with one attached hydrogen (secondary N) is 1. The van der Waals surface area contributed by atoms with Crippen LogP contribution in [0.3, 0.4) is 0 Å². The highest BCUT2D eigenvalue weighted by Gasteiger charge is 2.11. The second kappa shape index (κ2) is 7.52. The summed E-state index contributed by atoms with van der Waals surface area (Å²) in [6.07, 6.45) is 4.81. The van der Waals surface area contributed by atoms with Crippen molar-refractivity contribution in [3.63, 3.8) is 0 Å². The Bertz CT molecular complexity index is 358. The van der Waals surface area contributed by atoms with Crippen molar-refractivity contribution in [1.82, 2.24) is 0 Å². The lowest BCUT2D eigenvalue weighted by atomic mass is 10.1.